The van der Waals surface area contributed by atoms with Crippen LogP contribution in [0.25, 0.3) is 0 Å². The summed E-state index contributed by atoms with van der Waals surface area (Å²) in [5.41, 5.74) is 6.72. The number of nitrogens with zero attached hydrogens (tertiary/aromatic N) is 1. The first-order valence-electron chi connectivity index (χ1n) is 6.53. The standard InChI is InChI=1S/C14H17Cl2N3OS2/c1-14(2,22(18)20)6-9(12-7-19-13(17)21-12)8-3-4-10(15)11(16)5-8/h3-5,7,9H,6,18H2,1-2H3,(H2,17,19)/t9-,22?/m0/s1. The molecule has 0 fully saturated rings. The van der Waals surface area contributed by atoms with Crippen LogP contribution < -0.4 is 10.9 Å². The van der Waals surface area contributed by atoms with Crippen molar-refractivity contribution < 1.29 is 4.21 Å². The second-order valence-corrected chi connectivity index (χ2v) is 9.20. The van der Waals surface area contributed by atoms with Gasteiger partial charge >= 0.3 is 0 Å². The van der Waals surface area contributed by atoms with Crippen molar-refractivity contribution in [3.05, 3.63) is 44.9 Å². The van der Waals surface area contributed by atoms with Gasteiger partial charge < -0.3 is 5.73 Å². The second-order valence-electron chi connectivity index (χ2n) is 5.59. The smallest absolute Gasteiger partial charge is 0.180 e. The minimum Gasteiger partial charge on any atom is -0.375 e. The molecule has 1 aromatic carbocycles. The fourth-order valence-corrected chi connectivity index (χ4v) is 3.60. The SMILES string of the molecule is CC(C)(C[C@@H](c1ccc(Cl)c(Cl)c1)c1cnc(N)s1)S(N)=O. The average molecular weight is 378 g/mol. The van der Waals surface area contributed by atoms with E-state index in [0.29, 0.717) is 21.6 Å². The number of anilines is 1. The van der Waals surface area contributed by atoms with Gasteiger partial charge in [-0.1, -0.05) is 29.3 Å². The molecule has 0 bridgehead atoms. The molecule has 4 nitrogen and oxygen atoms in total. The first kappa shape index (κ1) is 17.7. The molecule has 0 aliphatic rings. The molecule has 2 rings (SSSR count). The van der Waals surface area contributed by atoms with Gasteiger partial charge in [0.15, 0.2) is 5.13 Å². The van der Waals surface area contributed by atoms with Gasteiger partial charge in [-0.15, -0.1) is 11.3 Å². The summed E-state index contributed by atoms with van der Waals surface area (Å²) in [4.78, 5) is 5.09. The number of nitrogens with two attached hydrogens (primary N) is 2. The molecule has 1 aromatic heterocycles. The third-order valence-corrected chi connectivity index (χ3v) is 6.41. The van der Waals surface area contributed by atoms with Crippen LogP contribution in [-0.2, 0) is 11.0 Å². The Hall–Kier alpha value is -0.660. The molecule has 4 N–H and O–H groups in total. The van der Waals surface area contributed by atoms with Crippen LogP contribution in [0.4, 0.5) is 5.13 Å². The lowest BCUT2D eigenvalue weighted by Crippen LogP contribution is -2.33. The molecule has 0 saturated carbocycles. The monoisotopic (exact) mass is 377 g/mol. The van der Waals surface area contributed by atoms with Crippen LogP contribution in [0, 0.1) is 0 Å². The van der Waals surface area contributed by atoms with Crippen LogP contribution in [0.1, 0.15) is 36.6 Å². The van der Waals surface area contributed by atoms with Gasteiger partial charge in [-0.05, 0) is 38.0 Å². The third kappa shape index (κ3) is 4.00. The first-order chi connectivity index (χ1) is 10.2. The Morgan fingerprint density at radius 3 is 2.55 bits per heavy atom. The molecule has 1 heterocycles. The quantitative estimate of drug-likeness (QED) is 0.826. The average Bonchev–Trinajstić information content (AvgIpc) is 2.85. The Bertz CT molecular complexity index is 703. The Labute approximate surface area is 146 Å². The summed E-state index contributed by atoms with van der Waals surface area (Å²) in [7, 11) is -1.45. The van der Waals surface area contributed by atoms with Gasteiger partial charge in [-0.2, -0.15) is 0 Å². The van der Waals surface area contributed by atoms with Crippen LogP contribution in [0.5, 0.6) is 0 Å². The van der Waals surface area contributed by atoms with Crippen molar-refractivity contribution in [1.82, 2.24) is 4.98 Å². The molecule has 120 valence electrons. The third-order valence-electron chi connectivity index (χ3n) is 3.47. The highest BCUT2D eigenvalue weighted by Crippen LogP contribution is 2.39. The van der Waals surface area contributed by atoms with Crippen molar-refractivity contribution >= 4 is 50.7 Å². The number of hydrogen-bond donors (Lipinski definition) is 2. The Morgan fingerprint density at radius 2 is 2.05 bits per heavy atom. The van der Waals surface area contributed by atoms with Crippen LogP contribution in [-0.4, -0.2) is 13.9 Å². The van der Waals surface area contributed by atoms with Gasteiger partial charge in [-0.3, -0.25) is 5.14 Å². The highest BCUT2D eigenvalue weighted by Gasteiger charge is 2.30. The molecule has 22 heavy (non-hydrogen) atoms. The minimum atomic E-state index is -1.45. The van der Waals surface area contributed by atoms with Gasteiger partial charge in [0.2, 0.25) is 0 Å². The molecule has 2 atom stereocenters. The zero-order valence-electron chi connectivity index (χ0n) is 12.2. The molecule has 0 amide bonds. The van der Waals surface area contributed by atoms with Gasteiger partial charge in [0.1, 0.15) is 0 Å². The lowest BCUT2D eigenvalue weighted by Gasteiger charge is -2.27. The summed E-state index contributed by atoms with van der Waals surface area (Å²) in [6.45, 7) is 3.75. The molecule has 8 heteroatoms. The summed E-state index contributed by atoms with van der Waals surface area (Å²) in [5, 5.41) is 7.09. The summed E-state index contributed by atoms with van der Waals surface area (Å²) in [5.74, 6) is -0.0490. The molecule has 1 unspecified atom stereocenters. The number of nitrogen functional groups attached to an aromatic ring is 1. The number of thiazole rings is 1. The number of halogens is 2. The van der Waals surface area contributed by atoms with E-state index in [2.05, 4.69) is 4.98 Å². The summed E-state index contributed by atoms with van der Waals surface area (Å²) in [6, 6.07) is 5.48. The van der Waals surface area contributed by atoms with Crippen LogP contribution in [0.3, 0.4) is 0 Å². The molecule has 0 spiro atoms. The van der Waals surface area contributed by atoms with Gasteiger partial charge in [-0.25, -0.2) is 9.19 Å². The van der Waals surface area contributed by atoms with Gasteiger partial charge in [0.05, 0.1) is 25.8 Å². The maximum absolute atomic E-state index is 11.8. The van der Waals surface area contributed by atoms with Crippen molar-refractivity contribution in [3.63, 3.8) is 0 Å². The summed E-state index contributed by atoms with van der Waals surface area (Å²) < 4.78 is 11.2. The number of benzene rings is 1. The molecule has 2 aromatic rings. The topological polar surface area (TPSA) is 82.0 Å². The maximum Gasteiger partial charge on any atom is 0.180 e. The fourth-order valence-electron chi connectivity index (χ4n) is 2.15. The van der Waals surface area contributed by atoms with Gasteiger partial charge in [0.25, 0.3) is 0 Å². The van der Waals surface area contributed by atoms with E-state index in [9.17, 15) is 4.21 Å². The predicted molar refractivity (Wildman–Crippen MR) is 95.9 cm³/mol. The van der Waals surface area contributed by atoms with E-state index in [1.807, 2.05) is 26.0 Å². The van der Waals surface area contributed by atoms with E-state index in [1.165, 1.54) is 11.3 Å². The number of hydrogen-bond acceptors (Lipinski definition) is 4. The van der Waals surface area contributed by atoms with E-state index in [1.54, 1.807) is 12.3 Å². The maximum atomic E-state index is 11.8. The molecule has 0 radical (unpaired) electrons. The zero-order valence-corrected chi connectivity index (χ0v) is 15.3. The molecule has 0 saturated heterocycles. The van der Waals surface area contributed by atoms with Crippen molar-refractivity contribution in [2.75, 3.05) is 5.73 Å². The number of aromatic nitrogens is 1. The van der Waals surface area contributed by atoms with E-state index in [0.717, 1.165) is 10.4 Å². The largest absolute Gasteiger partial charge is 0.375 e. The van der Waals surface area contributed by atoms with Crippen LogP contribution >= 0.6 is 34.5 Å². The molecular weight excluding hydrogens is 361 g/mol. The predicted octanol–water partition coefficient (Wildman–Crippen LogP) is 3.96. The lowest BCUT2D eigenvalue weighted by molar-refractivity contribution is 0.560. The Morgan fingerprint density at radius 1 is 1.36 bits per heavy atom. The fraction of sp³-hybridized carbons (Fsp3) is 0.357. The van der Waals surface area contributed by atoms with Crippen molar-refractivity contribution in [1.29, 1.82) is 0 Å². The van der Waals surface area contributed by atoms with Gasteiger partial charge in [0, 0.05) is 17.0 Å². The normalized spacial score (nSPS) is 14.8. The first-order valence-corrected chi connectivity index (χ1v) is 9.31. The summed E-state index contributed by atoms with van der Waals surface area (Å²) >= 11 is 13.5. The zero-order chi connectivity index (χ0) is 16.5. The van der Waals surface area contributed by atoms with E-state index < -0.39 is 15.7 Å². The lowest BCUT2D eigenvalue weighted by atomic mass is 9.89. The molecule has 0 aliphatic heterocycles. The van der Waals surface area contributed by atoms with Crippen LogP contribution in [0.15, 0.2) is 24.4 Å². The summed E-state index contributed by atoms with van der Waals surface area (Å²) in [6.07, 6.45) is 2.32. The highest BCUT2D eigenvalue weighted by atomic mass is 35.5. The Balaban J connectivity index is 2.45. The highest BCUT2D eigenvalue weighted by molar-refractivity contribution is 7.84. The number of rotatable bonds is 5. The van der Waals surface area contributed by atoms with Crippen molar-refractivity contribution in [2.45, 2.75) is 30.9 Å². The van der Waals surface area contributed by atoms with Crippen molar-refractivity contribution in [3.8, 4) is 0 Å². The van der Waals surface area contributed by atoms with Crippen molar-refractivity contribution in [2.24, 2.45) is 5.14 Å². The van der Waals surface area contributed by atoms with Crippen LogP contribution in [0.2, 0.25) is 10.0 Å². The molecule has 0 aliphatic carbocycles. The van der Waals surface area contributed by atoms with E-state index in [4.69, 9.17) is 34.1 Å². The Kier molecular flexibility index (Phi) is 5.50. The van der Waals surface area contributed by atoms with E-state index in [-0.39, 0.29) is 5.92 Å². The second kappa shape index (κ2) is 6.84. The minimum absolute atomic E-state index is 0.0490. The van der Waals surface area contributed by atoms with E-state index >= 15 is 0 Å². The molecular formula is C14H17Cl2N3OS2.